The standard InChI is InChI=1S/C5H13N2.HI/c1-4-5-7(2,3)6;/h4-5H,6H2,1-3H3;1H/q+1;/p-1. The third-order valence-electron chi connectivity index (χ3n) is 0.533. The molecule has 0 fully saturated rings. The fourth-order valence-electron chi connectivity index (χ4n) is 0.384. The molecular weight excluding hydrogens is 215 g/mol. The lowest BCUT2D eigenvalue weighted by Crippen LogP contribution is -3.00. The summed E-state index contributed by atoms with van der Waals surface area (Å²) in [5.74, 6) is 5.50. The Morgan fingerprint density at radius 3 is 1.75 bits per heavy atom. The zero-order chi connectivity index (χ0) is 5.91. The molecule has 0 spiro atoms. The van der Waals surface area contributed by atoms with Crippen molar-refractivity contribution in [3.05, 3.63) is 12.3 Å². The van der Waals surface area contributed by atoms with Crippen LogP contribution in [0, 0.1) is 0 Å². The van der Waals surface area contributed by atoms with Gasteiger partial charge in [0.1, 0.15) is 6.20 Å². The van der Waals surface area contributed by atoms with Crippen LogP contribution in [0.4, 0.5) is 0 Å². The smallest absolute Gasteiger partial charge is 0.110 e. The summed E-state index contributed by atoms with van der Waals surface area (Å²) in [4.78, 5) is 0. The lowest BCUT2D eigenvalue weighted by molar-refractivity contribution is -0.851. The van der Waals surface area contributed by atoms with E-state index in [1.807, 2.05) is 33.3 Å². The average molecular weight is 228 g/mol. The highest BCUT2D eigenvalue weighted by molar-refractivity contribution is 4.63. The van der Waals surface area contributed by atoms with Gasteiger partial charge in [-0.15, -0.1) is 0 Å². The summed E-state index contributed by atoms with van der Waals surface area (Å²) >= 11 is 0. The van der Waals surface area contributed by atoms with Crippen LogP contribution in [-0.2, 0) is 0 Å². The average Bonchev–Trinajstić information content (AvgIpc) is 1.30. The van der Waals surface area contributed by atoms with E-state index in [-0.39, 0.29) is 24.0 Å². The van der Waals surface area contributed by atoms with Crippen LogP contribution in [0.5, 0.6) is 0 Å². The van der Waals surface area contributed by atoms with Crippen molar-refractivity contribution in [3.8, 4) is 0 Å². The molecule has 0 aromatic carbocycles. The number of hydrogen-bond donors (Lipinski definition) is 1. The Labute approximate surface area is 67.9 Å². The molecule has 0 saturated carbocycles. The molecule has 0 saturated heterocycles. The van der Waals surface area contributed by atoms with Crippen LogP contribution in [0.3, 0.4) is 0 Å². The first-order valence-electron chi connectivity index (χ1n) is 2.32. The molecule has 3 heteroatoms. The van der Waals surface area contributed by atoms with Crippen LogP contribution in [0.2, 0.25) is 0 Å². The molecule has 2 N–H and O–H groups in total. The molecule has 0 bridgehead atoms. The van der Waals surface area contributed by atoms with E-state index < -0.39 is 0 Å². The predicted octanol–water partition coefficient (Wildman–Crippen LogP) is -2.53. The largest absolute Gasteiger partial charge is 1.00 e. The molecule has 2 nitrogen and oxygen atoms in total. The first-order valence-corrected chi connectivity index (χ1v) is 2.32. The number of nitrogens with two attached hydrogens (primary N) is 1. The summed E-state index contributed by atoms with van der Waals surface area (Å²) in [6, 6.07) is 0. The predicted molar refractivity (Wildman–Crippen MR) is 31.1 cm³/mol. The fourth-order valence-corrected chi connectivity index (χ4v) is 0.384. The highest BCUT2D eigenvalue weighted by Gasteiger charge is 1.97. The Kier molecular flexibility index (Phi) is 6.01. The van der Waals surface area contributed by atoms with Gasteiger partial charge in [0, 0.05) is 0 Å². The van der Waals surface area contributed by atoms with E-state index in [9.17, 15) is 0 Å². The zero-order valence-electron chi connectivity index (χ0n) is 5.56. The fraction of sp³-hybridized carbons (Fsp3) is 0.600. The van der Waals surface area contributed by atoms with E-state index in [1.54, 1.807) is 0 Å². The van der Waals surface area contributed by atoms with Gasteiger partial charge in [0.15, 0.2) is 0 Å². The second-order valence-corrected chi connectivity index (χ2v) is 2.11. The van der Waals surface area contributed by atoms with Crippen molar-refractivity contribution in [2.75, 3.05) is 14.1 Å². The number of quaternary nitrogens is 1. The summed E-state index contributed by atoms with van der Waals surface area (Å²) in [6.07, 6.45) is 3.83. The maximum atomic E-state index is 5.50. The summed E-state index contributed by atoms with van der Waals surface area (Å²) in [5.41, 5.74) is 0. The van der Waals surface area contributed by atoms with Crippen molar-refractivity contribution >= 4 is 0 Å². The first kappa shape index (κ1) is 11.2. The van der Waals surface area contributed by atoms with Gasteiger partial charge in [-0.1, -0.05) is 0 Å². The van der Waals surface area contributed by atoms with Crippen molar-refractivity contribution in [2.24, 2.45) is 5.84 Å². The van der Waals surface area contributed by atoms with Crippen LogP contribution in [0.15, 0.2) is 12.3 Å². The van der Waals surface area contributed by atoms with Gasteiger partial charge in [-0.3, -0.25) is 0 Å². The molecule has 0 aliphatic heterocycles. The van der Waals surface area contributed by atoms with Crippen LogP contribution in [0.25, 0.3) is 0 Å². The Morgan fingerprint density at radius 2 is 1.75 bits per heavy atom. The molecule has 50 valence electrons. The lowest BCUT2D eigenvalue weighted by atomic mass is 10.6. The summed E-state index contributed by atoms with van der Waals surface area (Å²) in [5, 5.41) is 0. The minimum atomic E-state index is 0. The van der Waals surface area contributed by atoms with Gasteiger partial charge in [-0.2, -0.15) is 5.84 Å². The highest BCUT2D eigenvalue weighted by Crippen LogP contribution is 1.83. The third-order valence-corrected chi connectivity index (χ3v) is 0.533. The molecule has 0 unspecified atom stereocenters. The van der Waals surface area contributed by atoms with E-state index in [0.717, 1.165) is 0 Å². The Bertz CT molecular complexity index is 73.0. The van der Waals surface area contributed by atoms with Gasteiger partial charge in [0.2, 0.25) is 0 Å². The SMILES string of the molecule is CC=C[N+](C)(C)N.[I-]. The molecule has 0 aliphatic rings. The van der Waals surface area contributed by atoms with E-state index >= 15 is 0 Å². The molecular formula is C5H13IN2. The minimum absolute atomic E-state index is 0. The second-order valence-electron chi connectivity index (χ2n) is 2.11. The van der Waals surface area contributed by atoms with E-state index in [2.05, 4.69) is 0 Å². The van der Waals surface area contributed by atoms with Crippen molar-refractivity contribution in [1.29, 1.82) is 0 Å². The summed E-state index contributed by atoms with van der Waals surface area (Å²) in [7, 11) is 3.81. The maximum Gasteiger partial charge on any atom is 0.110 e. The lowest BCUT2D eigenvalue weighted by Gasteiger charge is -2.14. The quantitative estimate of drug-likeness (QED) is 0.228. The number of nitrogens with zero attached hydrogens (tertiary/aromatic N) is 1. The van der Waals surface area contributed by atoms with Gasteiger partial charge in [0.05, 0.1) is 14.1 Å². The van der Waals surface area contributed by atoms with E-state index in [4.69, 9.17) is 5.84 Å². The second kappa shape index (κ2) is 4.29. The topological polar surface area (TPSA) is 26.0 Å². The van der Waals surface area contributed by atoms with Crippen LogP contribution < -0.4 is 29.8 Å². The van der Waals surface area contributed by atoms with Gasteiger partial charge in [-0.05, 0) is 13.0 Å². The number of halogens is 1. The molecule has 0 radical (unpaired) electrons. The maximum absolute atomic E-state index is 5.50. The summed E-state index contributed by atoms with van der Waals surface area (Å²) in [6.45, 7) is 1.95. The van der Waals surface area contributed by atoms with Crippen LogP contribution >= 0.6 is 0 Å². The normalized spacial score (nSPS) is 11.5. The van der Waals surface area contributed by atoms with Crippen molar-refractivity contribution in [2.45, 2.75) is 6.92 Å². The number of allylic oxidation sites excluding steroid dienone is 1. The van der Waals surface area contributed by atoms with E-state index in [1.165, 1.54) is 0 Å². The van der Waals surface area contributed by atoms with Gasteiger partial charge < -0.3 is 24.0 Å². The molecule has 0 aromatic heterocycles. The van der Waals surface area contributed by atoms with Gasteiger partial charge >= 0.3 is 0 Å². The molecule has 0 atom stereocenters. The van der Waals surface area contributed by atoms with Crippen molar-refractivity contribution in [1.82, 2.24) is 0 Å². The number of rotatable bonds is 1. The van der Waals surface area contributed by atoms with Gasteiger partial charge in [-0.25, -0.2) is 4.59 Å². The zero-order valence-corrected chi connectivity index (χ0v) is 7.71. The van der Waals surface area contributed by atoms with Gasteiger partial charge in [0.25, 0.3) is 0 Å². The first-order chi connectivity index (χ1) is 3.06. The Morgan fingerprint density at radius 1 is 1.38 bits per heavy atom. The Hall–Kier alpha value is 0.390. The van der Waals surface area contributed by atoms with Crippen LogP contribution in [0.1, 0.15) is 6.92 Å². The number of hydrogen-bond acceptors (Lipinski definition) is 1. The van der Waals surface area contributed by atoms with Crippen molar-refractivity contribution in [3.63, 3.8) is 0 Å². The third kappa shape index (κ3) is 9.63. The molecule has 0 aromatic rings. The molecule has 0 heterocycles. The molecule has 0 rings (SSSR count). The van der Waals surface area contributed by atoms with Crippen molar-refractivity contribution < 1.29 is 28.6 Å². The summed E-state index contributed by atoms with van der Waals surface area (Å²) < 4.78 is 0.413. The van der Waals surface area contributed by atoms with Crippen LogP contribution in [-0.4, -0.2) is 18.7 Å². The molecule has 0 amide bonds. The van der Waals surface area contributed by atoms with E-state index in [0.29, 0.717) is 4.59 Å². The molecule has 8 heavy (non-hydrogen) atoms. The molecule has 0 aliphatic carbocycles. The monoisotopic (exact) mass is 228 g/mol. The highest BCUT2D eigenvalue weighted by atomic mass is 127. The minimum Gasteiger partial charge on any atom is -1.00 e. The Balaban J connectivity index is 0.